The molecule has 0 saturated carbocycles. The van der Waals surface area contributed by atoms with Gasteiger partial charge in [-0.15, -0.1) is 0 Å². The Hall–Kier alpha value is -3.97. The highest BCUT2D eigenvalue weighted by Gasteiger charge is 2.35. The Morgan fingerprint density at radius 2 is 1.75 bits per heavy atom. The molecule has 1 saturated heterocycles. The zero-order valence-corrected chi connectivity index (χ0v) is 20.6. The third-order valence-electron chi connectivity index (χ3n) is 6.43. The molecule has 3 aromatic rings. The summed E-state index contributed by atoms with van der Waals surface area (Å²) in [4.78, 5) is 32.7. The highest BCUT2D eigenvalue weighted by atomic mass is 16.6. The molecule has 0 spiro atoms. The van der Waals surface area contributed by atoms with Crippen LogP contribution < -0.4 is 5.32 Å². The summed E-state index contributed by atoms with van der Waals surface area (Å²) < 4.78 is 0. The van der Waals surface area contributed by atoms with Gasteiger partial charge in [-0.1, -0.05) is 71.9 Å². The molecule has 186 valence electrons. The summed E-state index contributed by atoms with van der Waals surface area (Å²) in [5.74, 6) is -0.392. The Kier molecular flexibility index (Phi) is 8.13. The maximum absolute atomic E-state index is 13.4. The number of amides is 2. The summed E-state index contributed by atoms with van der Waals surface area (Å²) in [7, 11) is 1.47. The first-order valence-electron chi connectivity index (χ1n) is 12.0. The zero-order chi connectivity index (χ0) is 25.5. The molecule has 0 bridgehead atoms. The summed E-state index contributed by atoms with van der Waals surface area (Å²) in [5.41, 5.74) is 5.33. The van der Waals surface area contributed by atoms with Gasteiger partial charge in [-0.25, -0.2) is 0 Å². The summed E-state index contributed by atoms with van der Waals surface area (Å²) in [6.45, 7) is 2.46. The van der Waals surface area contributed by atoms with Crippen LogP contribution in [-0.2, 0) is 9.63 Å². The number of rotatable bonds is 8. The molecular weight excluding hydrogens is 454 g/mol. The monoisotopic (exact) mass is 485 g/mol. The Labute approximate surface area is 211 Å². The molecule has 2 atom stereocenters. The molecule has 1 aliphatic heterocycles. The number of carbonyl (C=O) groups is 2. The number of hydrogen-bond donors (Lipinski definition) is 2. The first kappa shape index (κ1) is 25.1. The van der Waals surface area contributed by atoms with Crippen molar-refractivity contribution in [1.82, 2.24) is 10.2 Å². The molecule has 1 heterocycles. The maximum Gasteiger partial charge on any atom is 0.254 e. The van der Waals surface area contributed by atoms with Crippen molar-refractivity contribution in [1.29, 1.82) is 0 Å². The van der Waals surface area contributed by atoms with Crippen LogP contribution in [0.2, 0.25) is 0 Å². The Morgan fingerprint density at radius 1 is 1.06 bits per heavy atom. The van der Waals surface area contributed by atoms with Crippen molar-refractivity contribution in [3.05, 3.63) is 95.6 Å². The number of aryl methyl sites for hydroxylation is 1. The minimum absolute atomic E-state index is 0.100. The number of aliphatic hydroxyl groups excluding tert-OH is 1. The van der Waals surface area contributed by atoms with Crippen LogP contribution >= 0.6 is 0 Å². The first-order chi connectivity index (χ1) is 17.5. The van der Waals surface area contributed by atoms with Crippen LogP contribution in [0.25, 0.3) is 11.1 Å². The third-order valence-corrected chi connectivity index (χ3v) is 6.43. The Morgan fingerprint density at radius 3 is 2.44 bits per heavy atom. The molecule has 7 nitrogen and oxygen atoms in total. The van der Waals surface area contributed by atoms with Gasteiger partial charge in [0.05, 0.1) is 18.4 Å². The van der Waals surface area contributed by atoms with Gasteiger partial charge in [0.15, 0.2) is 0 Å². The summed E-state index contributed by atoms with van der Waals surface area (Å²) in [6, 6.07) is 24.5. The highest BCUT2D eigenvalue weighted by molar-refractivity contribution is 6.01. The van der Waals surface area contributed by atoms with Crippen molar-refractivity contribution in [3.63, 3.8) is 0 Å². The van der Waals surface area contributed by atoms with E-state index in [0.29, 0.717) is 24.2 Å². The van der Waals surface area contributed by atoms with E-state index in [1.54, 1.807) is 4.90 Å². The molecule has 1 aliphatic rings. The average molecular weight is 486 g/mol. The second kappa shape index (κ2) is 11.6. The van der Waals surface area contributed by atoms with Gasteiger partial charge in [0.1, 0.15) is 7.11 Å². The molecule has 2 N–H and O–H groups in total. The van der Waals surface area contributed by atoms with E-state index >= 15 is 0 Å². The van der Waals surface area contributed by atoms with Gasteiger partial charge in [-0.05, 0) is 41.3 Å². The Balaban J connectivity index is 1.43. The van der Waals surface area contributed by atoms with E-state index in [1.165, 1.54) is 12.7 Å². The Bertz CT molecular complexity index is 1220. The van der Waals surface area contributed by atoms with E-state index < -0.39 is 6.10 Å². The molecule has 0 aliphatic carbocycles. The molecular formula is C29H31N3O4. The van der Waals surface area contributed by atoms with Crippen LogP contribution in [0, 0.1) is 6.92 Å². The first-order valence-corrected chi connectivity index (χ1v) is 12.0. The average Bonchev–Trinajstić information content (AvgIpc) is 3.30. The lowest BCUT2D eigenvalue weighted by Crippen LogP contribution is -2.40. The van der Waals surface area contributed by atoms with Crippen molar-refractivity contribution in [2.45, 2.75) is 31.9 Å². The fourth-order valence-electron chi connectivity index (χ4n) is 4.53. The SMILES string of the molecule is CON=C1C[C@@H](CC(=O)NCC(O)c2ccccc2)N(C(=O)c2ccc(-c3ccccc3C)cc2)C1. The van der Waals surface area contributed by atoms with Crippen molar-refractivity contribution < 1.29 is 19.5 Å². The third kappa shape index (κ3) is 5.98. The van der Waals surface area contributed by atoms with Crippen LogP contribution in [-0.4, -0.2) is 53.8 Å². The lowest BCUT2D eigenvalue weighted by Gasteiger charge is -2.24. The van der Waals surface area contributed by atoms with Crippen LogP contribution in [0.5, 0.6) is 0 Å². The zero-order valence-electron chi connectivity index (χ0n) is 20.6. The molecule has 4 rings (SSSR count). The van der Waals surface area contributed by atoms with Crippen LogP contribution in [0.3, 0.4) is 0 Å². The quantitative estimate of drug-likeness (QED) is 0.470. The standard InChI is InChI=1S/C29H31N3O4/c1-20-8-6-7-11-26(20)21-12-14-23(15-13-21)29(35)32-19-24(31-36-2)16-25(32)17-28(34)30-18-27(33)22-9-4-3-5-10-22/h3-15,25,27,33H,16-19H2,1-2H3,(H,30,34)/t25-,27?/m0/s1. The number of carbonyl (C=O) groups excluding carboxylic acids is 2. The van der Waals surface area contributed by atoms with Crippen LogP contribution in [0.4, 0.5) is 0 Å². The van der Waals surface area contributed by atoms with E-state index in [-0.39, 0.29) is 30.8 Å². The molecule has 2 amide bonds. The predicted molar refractivity (Wildman–Crippen MR) is 140 cm³/mol. The normalized spacial score (nSPS) is 17.1. The number of benzene rings is 3. The topological polar surface area (TPSA) is 91.2 Å². The van der Waals surface area contributed by atoms with Crippen molar-refractivity contribution >= 4 is 17.5 Å². The summed E-state index contributed by atoms with van der Waals surface area (Å²) in [6.07, 6.45) is -0.235. The summed E-state index contributed by atoms with van der Waals surface area (Å²) >= 11 is 0. The predicted octanol–water partition coefficient (Wildman–Crippen LogP) is 4.12. The van der Waals surface area contributed by atoms with Crippen molar-refractivity contribution in [2.75, 3.05) is 20.2 Å². The van der Waals surface area contributed by atoms with E-state index in [0.717, 1.165) is 16.7 Å². The molecule has 1 fully saturated rings. The number of oxime groups is 1. The fourth-order valence-corrected chi connectivity index (χ4v) is 4.53. The van der Waals surface area contributed by atoms with Crippen molar-refractivity contribution in [2.24, 2.45) is 5.16 Å². The minimum atomic E-state index is -0.797. The van der Waals surface area contributed by atoms with Crippen LogP contribution in [0.15, 0.2) is 84.0 Å². The highest BCUT2D eigenvalue weighted by Crippen LogP contribution is 2.26. The second-order valence-corrected chi connectivity index (χ2v) is 8.96. The van der Waals surface area contributed by atoms with Gasteiger partial charge in [-0.3, -0.25) is 9.59 Å². The largest absolute Gasteiger partial charge is 0.399 e. The molecule has 0 aromatic heterocycles. The number of nitrogens with one attached hydrogen (secondary N) is 1. The van der Waals surface area contributed by atoms with E-state index in [4.69, 9.17) is 4.84 Å². The maximum atomic E-state index is 13.4. The fraction of sp³-hybridized carbons (Fsp3) is 0.276. The number of hydrogen-bond acceptors (Lipinski definition) is 5. The van der Waals surface area contributed by atoms with Gasteiger partial charge in [0.25, 0.3) is 5.91 Å². The van der Waals surface area contributed by atoms with Gasteiger partial charge >= 0.3 is 0 Å². The second-order valence-electron chi connectivity index (χ2n) is 8.96. The van der Waals surface area contributed by atoms with Crippen LogP contribution in [0.1, 0.15) is 40.4 Å². The molecule has 7 heteroatoms. The van der Waals surface area contributed by atoms with E-state index in [9.17, 15) is 14.7 Å². The molecule has 3 aromatic carbocycles. The smallest absolute Gasteiger partial charge is 0.254 e. The van der Waals surface area contributed by atoms with Crippen molar-refractivity contribution in [3.8, 4) is 11.1 Å². The van der Waals surface area contributed by atoms with E-state index in [1.807, 2.05) is 66.7 Å². The number of likely N-dealkylation sites (tertiary alicyclic amines) is 1. The number of aliphatic hydroxyl groups is 1. The summed E-state index contributed by atoms with van der Waals surface area (Å²) in [5, 5.41) is 17.2. The molecule has 0 radical (unpaired) electrons. The lowest BCUT2D eigenvalue weighted by molar-refractivity contribution is -0.122. The van der Waals surface area contributed by atoms with Gasteiger partial charge in [0, 0.05) is 31.0 Å². The number of nitrogens with zero attached hydrogens (tertiary/aromatic N) is 2. The molecule has 36 heavy (non-hydrogen) atoms. The minimum Gasteiger partial charge on any atom is -0.399 e. The van der Waals surface area contributed by atoms with Gasteiger partial charge in [0.2, 0.25) is 5.91 Å². The van der Waals surface area contributed by atoms with Gasteiger partial charge in [-0.2, -0.15) is 0 Å². The van der Waals surface area contributed by atoms with Gasteiger partial charge < -0.3 is 20.2 Å². The molecule has 1 unspecified atom stereocenters. The lowest BCUT2D eigenvalue weighted by atomic mass is 9.99. The van der Waals surface area contributed by atoms with E-state index in [2.05, 4.69) is 29.5 Å².